The van der Waals surface area contributed by atoms with E-state index in [-0.39, 0.29) is 11.2 Å². The molecule has 0 unspecified atom stereocenters. The number of benzene rings is 1. The van der Waals surface area contributed by atoms with E-state index in [1.54, 1.807) is 26.0 Å². The number of ether oxygens (including phenoxy) is 2. The molecule has 0 radical (unpaired) electrons. The summed E-state index contributed by atoms with van der Waals surface area (Å²) in [4.78, 5) is 33.4. The van der Waals surface area contributed by atoms with Crippen LogP contribution < -0.4 is 21.3 Å². The summed E-state index contributed by atoms with van der Waals surface area (Å²) in [5.41, 5.74) is 1.15. The lowest BCUT2D eigenvalue weighted by Crippen LogP contribution is -2.34. The van der Waals surface area contributed by atoms with Crippen molar-refractivity contribution in [3.05, 3.63) is 18.2 Å². The van der Waals surface area contributed by atoms with Gasteiger partial charge in [0.25, 0.3) is 0 Å². The molecule has 0 bridgehead atoms. The van der Waals surface area contributed by atoms with E-state index in [2.05, 4.69) is 26.0 Å². The molecule has 3 amide bonds. The Bertz CT molecular complexity index is 636. The number of carbonyl (C=O) groups is 3. The Kier molecular flexibility index (Phi) is 7.43. The van der Waals surface area contributed by atoms with Gasteiger partial charge in [0, 0.05) is 5.69 Å². The van der Waals surface area contributed by atoms with Gasteiger partial charge in [0.1, 0.15) is 0 Å². The minimum absolute atomic E-state index is 0.0178. The van der Waals surface area contributed by atoms with Gasteiger partial charge in [0.05, 0.1) is 24.6 Å². The Balaban J connectivity index is 2.86. The van der Waals surface area contributed by atoms with Gasteiger partial charge in [-0.25, -0.2) is 9.59 Å². The summed E-state index contributed by atoms with van der Waals surface area (Å²) >= 11 is 4.94. The Morgan fingerprint density at radius 2 is 1.88 bits per heavy atom. The first-order valence-electron chi connectivity index (χ1n) is 6.83. The van der Waals surface area contributed by atoms with Crippen LogP contribution in [0.1, 0.15) is 13.8 Å². The van der Waals surface area contributed by atoms with Crippen molar-refractivity contribution in [3.8, 4) is 0 Å². The van der Waals surface area contributed by atoms with Gasteiger partial charge < -0.3 is 20.1 Å². The molecule has 0 aliphatic carbocycles. The average molecular weight is 354 g/mol. The van der Waals surface area contributed by atoms with Gasteiger partial charge in [0.15, 0.2) is 5.11 Å². The highest BCUT2D eigenvalue weighted by Crippen LogP contribution is 2.25. The van der Waals surface area contributed by atoms with Gasteiger partial charge in [-0.2, -0.15) is 0 Å². The quantitative estimate of drug-likeness (QED) is 0.473. The van der Waals surface area contributed by atoms with Crippen molar-refractivity contribution >= 4 is 53.0 Å². The van der Waals surface area contributed by atoms with Crippen molar-refractivity contribution in [1.29, 1.82) is 0 Å². The van der Waals surface area contributed by atoms with E-state index in [1.807, 2.05) is 0 Å². The molecule has 0 aromatic heterocycles. The van der Waals surface area contributed by atoms with Gasteiger partial charge in [-0.15, -0.1) is 0 Å². The number of thiocarbonyl (C=S) groups is 1. The van der Waals surface area contributed by atoms with Crippen molar-refractivity contribution in [3.63, 3.8) is 0 Å². The molecule has 1 aromatic carbocycles. The van der Waals surface area contributed by atoms with E-state index >= 15 is 0 Å². The van der Waals surface area contributed by atoms with Gasteiger partial charge in [-0.05, 0) is 44.3 Å². The van der Waals surface area contributed by atoms with Gasteiger partial charge in [-0.1, -0.05) is 0 Å². The Hall–Kier alpha value is -2.88. The summed E-state index contributed by atoms with van der Waals surface area (Å²) in [6.45, 7) is 3.45. The monoisotopic (exact) mass is 354 g/mol. The van der Waals surface area contributed by atoms with E-state index in [9.17, 15) is 14.4 Å². The van der Waals surface area contributed by atoms with E-state index in [0.717, 1.165) is 0 Å². The van der Waals surface area contributed by atoms with Crippen LogP contribution in [0.3, 0.4) is 0 Å². The molecular formula is C14H18N4O5S. The van der Waals surface area contributed by atoms with Crippen molar-refractivity contribution in [2.45, 2.75) is 20.0 Å². The van der Waals surface area contributed by atoms with Crippen LogP contribution in [-0.4, -0.2) is 36.9 Å². The third kappa shape index (κ3) is 6.48. The van der Waals surface area contributed by atoms with Crippen LogP contribution in [0, 0.1) is 0 Å². The molecule has 24 heavy (non-hydrogen) atoms. The van der Waals surface area contributed by atoms with Crippen molar-refractivity contribution < 1.29 is 23.9 Å². The van der Waals surface area contributed by atoms with Crippen LogP contribution >= 0.6 is 12.2 Å². The van der Waals surface area contributed by atoms with Crippen LogP contribution in [-0.2, 0) is 14.3 Å². The third-order valence-electron chi connectivity index (χ3n) is 2.47. The second kappa shape index (κ2) is 9.30. The first-order valence-corrected chi connectivity index (χ1v) is 7.24. The zero-order valence-electron chi connectivity index (χ0n) is 13.3. The SMILES string of the molecule is COC(=O)NC(=S)Nc1ccc(NC(=O)OC(C)C)cc1NC=O. The number of rotatable bonds is 5. The molecule has 0 saturated carbocycles. The van der Waals surface area contributed by atoms with Crippen molar-refractivity contribution in [2.24, 2.45) is 0 Å². The topological polar surface area (TPSA) is 118 Å². The summed E-state index contributed by atoms with van der Waals surface area (Å²) in [5.74, 6) is 0. The number of hydrogen-bond donors (Lipinski definition) is 4. The molecule has 130 valence electrons. The summed E-state index contributed by atoms with van der Waals surface area (Å²) in [7, 11) is 1.20. The van der Waals surface area contributed by atoms with Crippen LogP contribution in [0.25, 0.3) is 0 Å². The van der Waals surface area contributed by atoms with E-state index in [4.69, 9.17) is 17.0 Å². The number of hydrogen-bond acceptors (Lipinski definition) is 6. The predicted octanol–water partition coefficient (Wildman–Crippen LogP) is 2.26. The standard InChI is InChI=1S/C14H18N4O5S/c1-8(2)23-14(21)16-9-4-5-10(11(6-9)15-7-19)17-12(24)18-13(20)22-3/h4-8H,1-3H3,(H,15,19)(H,16,21)(H2,17,18,20,24). The highest BCUT2D eigenvalue weighted by atomic mass is 32.1. The number of nitrogens with one attached hydrogen (secondary N) is 4. The average Bonchev–Trinajstić information content (AvgIpc) is 2.49. The maximum atomic E-state index is 11.6. The molecule has 1 rings (SSSR count). The minimum atomic E-state index is -0.730. The number of alkyl carbamates (subject to hydrolysis) is 1. The Morgan fingerprint density at radius 1 is 1.17 bits per heavy atom. The van der Waals surface area contributed by atoms with Crippen molar-refractivity contribution in [1.82, 2.24) is 5.32 Å². The lowest BCUT2D eigenvalue weighted by Gasteiger charge is -2.15. The van der Waals surface area contributed by atoms with Gasteiger partial charge >= 0.3 is 12.2 Å². The molecule has 0 aliphatic rings. The first-order chi connectivity index (χ1) is 11.3. The van der Waals surface area contributed by atoms with Gasteiger partial charge in [0.2, 0.25) is 6.41 Å². The summed E-state index contributed by atoms with van der Waals surface area (Å²) in [6.07, 6.45) is -1.15. The Morgan fingerprint density at radius 3 is 2.46 bits per heavy atom. The second-order valence-electron chi connectivity index (χ2n) is 4.67. The number of methoxy groups -OCH3 is 1. The first kappa shape index (κ1) is 19.2. The molecule has 0 spiro atoms. The zero-order chi connectivity index (χ0) is 18.1. The molecule has 0 atom stereocenters. The molecule has 9 nitrogen and oxygen atoms in total. The number of amides is 3. The Labute approximate surface area is 144 Å². The molecule has 0 heterocycles. The van der Waals surface area contributed by atoms with Crippen LogP contribution in [0.5, 0.6) is 0 Å². The smallest absolute Gasteiger partial charge is 0.413 e. The molecule has 4 N–H and O–H groups in total. The third-order valence-corrected chi connectivity index (χ3v) is 2.68. The summed E-state index contributed by atoms with van der Waals surface area (Å²) < 4.78 is 9.39. The number of carbonyl (C=O) groups excluding carboxylic acids is 3. The van der Waals surface area contributed by atoms with Gasteiger partial charge in [-0.3, -0.25) is 15.4 Å². The highest BCUT2D eigenvalue weighted by Gasteiger charge is 2.10. The lowest BCUT2D eigenvalue weighted by molar-refractivity contribution is -0.105. The fourth-order valence-corrected chi connectivity index (χ4v) is 1.77. The maximum absolute atomic E-state index is 11.6. The predicted molar refractivity (Wildman–Crippen MR) is 93.1 cm³/mol. The summed E-state index contributed by atoms with van der Waals surface area (Å²) in [5, 5.41) is 9.97. The maximum Gasteiger partial charge on any atom is 0.413 e. The van der Waals surface area contributed by atoms with Crippen LogP contribution in [0.15, 0.2) is 18.2 Å². The second-order valence-corrected chi connectivity index (χ2v) is 5.08. The van der Waals surface area contributed by atoms with E-state index in [0.29, 0.717) is 23.5 Å². The largest absolute Gasteiger partial charge is 0.453 e. The molecule has 10 heteroatoms. The normalized spacial score (nSPS) is 9.67. The van der Waals surface area contributed by atoms with Crippen molar-refractivity contribution in [2.75, 3.05) is 23.1 Å². The minimum Gasteiger partial charge on any atom is -0.453 e. The fraction of sp³-hybridized carbons (Fsp3) is 0.286. The fourth-order valence-electron chi connectivity index (χ4n) is 1.57. The van der Waals surface area contributed by atoms with E-state index < -0.39 is 12.2 Å². The molecule has 1 aromatic rings. The van der Waals surface area contributed by atoms with Crippen LogP contribution in [0.2, 0.25) is 0 Å². The van der Waals surface area contributed by atoms with E-state index in [1.165, 1.54) is 13.2 Å². The highest BCUT2D eigenvalue weighted by molar-refractivity contribution is 7.80. The number of anilines is 3. The molecular weight excluding hydrogens is 336 g/mol. The van der Waals surface area contributed by atoms with Crippen LogP contribution in [0.4, 0.5) is 26.7 Å². The zero-order valence-corrected chi connectivity index (χ0v) is 14.2. The molecule has 0 aliphatic heterocycles. The lowest BCUT2D eigenvalue weighted by atomic mass is 10.2. The molecule has 0 fully saturated rings. The summed E-state index contributed by atoms with van der Waals surface area (Å²) in [6, 6.07) is 4.63. The molecule has 0 saturated heterocycles.